The van der Waals surface area contributed by atoms with Crippen LogP contribution in [0.2, 0.25) is 5.02 Å². The summed E-state index contributed by atoms with van der Waals surface area (Å²) < 4.78 is 34.0. The Morgan fingerprint density at radius 3 is 2.30 bits per heavy atom. The highest BCUT2D eigenvalue weighted by molar-refractivity contribution is 7.99. The number of ether oxygens (including phenoxy) is 1. The van der Waals surface area contributed by atoms with Gasteiger partial charge in [0, 0.05) is 78.3 Å². The molecule has 16 heteroatoms. The van der Waals surface area contributed by atoms with Crippen LogP contribution in [-0.4, -0.2) is 99.7 Å². The monoisotopic (exact) mass is 884 g/mol. The molecule has 0 saturated carbocycles. The Morgan fingerprint density at radius 2 is 1.61 bits per heavy atom. The molecular weight excluding hydrogens is 836 g/mol. The zero-order chi connectivity index (χ0) is 43.4. The molecule has 0 spiro atoms. The highest BCUT2D eigenvalue weighted by Gasteiger charge is 2.26. The van der Waals surface area contributed by atoms with Crippen LogP contribution in [-0.2, 0) is 26.1 Å². The fraction of sp³-hybridized carbons (Fsp3) is 0.289. The Hall–Kier alpha value is -5.45. The van der Waals surface area contributed by atoms with Crippen LogP contribution in [0.5, 0.6) is 0 Å². The first-order valence-electron chi connectivity index (χ1n) is 19.9. The number of nitrogens with one attached hydrogen (secondary N) is 2. The Morgan fingerprint density at radius 1 is 0.918 bits per heavy atom. The lowest BCUT2D eigenvalue weighted by Gasteiger charge is -2.36. The van der Waals surface area contributed by atoms with Crippen LogP contribution in [0, 0.1) is 10.1 Å². The number of thioether (sulfide) groups is 1. The Balaban J connectivity index is 1.06. The summed E-state index contributed by atoms with van der Waals surface area (Å²) in [5.74, 6) is -0.676. The van der Waals surface area contributed by atoms with Crippen LogP contribution in [0.3, 0.4) is 0 Å². The number of amides is 1. The third-order valence-electron chi connectivity index (χ3n) is 10.3. The van der Waals surface area contributed by atoms with Crippen molar-refractivity contribution in [3.8, 4) is 11.1 Å². The Bertz CT molecular complexity index is 2380. The molecule has 2 N–H and O–H groups in total. The van der Waals surface area contributed by atoms with Crippen molar-refractivity contribution in [2.75, 3.05) is 68.9 Å². The summed E-state index contributed by atoms with van der Waals surface area (Å²) in [7, 11) is -2.70. The highest BCUT2D eigenvalue weighted by Crippen LogP contribution is 2.31. The highest BCUT2D eigenvalue weighted by atomic mass is 35.5. The molecule has 5 aromatic carbocycles. The molecule has 0 radical (unpaired) electrons. The van der Waals surface area contributed by atoms with Gasteiger partial charge in [-0.3, -0.25) is 29.5 Å². The minimum Gasteiger partial charge on any atom is -0.465 e. The average molecular weight is 886 g/mol. The van der Waals surface area contributed by atoms with Gasteiger partial charge in [0.25, 0.3) is 21.6 Å². The van der Waals surface area contributed by atoms with E-state index >= 15 is 0 Å². The van der Waals surface area contributed by atoms with Gasteiger partial charge in [-0.1, -0.05) is 66.2 Å². The van der Waals surface area contributed by atoms with Gasteiger partial charge in [-0.15, -0.1) is 11.8 Å². The number of carbonyl (C=O) groups is 2. The molecule has 0 bridgehead atoms. The van der Waals surface area contributed by atoms with Gasteiger partial charge in [0.1, 0.15) is 5.69 Å². The van der Waals surface area contributed by atoms with Crippen LogP contribution in [0.15, 0.2) is 131 Å². The smallest absolute Gasteiger partial charge is 0.320 e. The zero-order valence-corrected chi connectivity index (χ0v) is 36.4. The van der Waals surface area contributed by atoms with Crippen molar-refractivity contribution in [2.45, 2.75) is 35.7 Å². The van der Waals surface area contributed by atoms with Crippen molar-refractivity contribution in [1.82, 2.24) is 14.5 Å². The van der Waals surface area contributed by atoms with Gasteiger partial charge in [-0.05, 0) is 97.7 Å². The molecule has 1 fully saturated rings. The molecule has 320 valence electrons. The lowest BCUT2D eigenvalue weighted by Crippen LogP contribution is -2.46. The van der Waals surface area contributed by atoms with E-state index in [9.17, 15) is 28.1 Å². The van der Waals surface area contributed by atoms with Crippen LogP contribution < -0.4 is 14.9 Å². The number of carbonyl (C=O) groups excluding carboxylic acids is 2. The predicted octanol–water partition coefficient (Wildman–Crippen LogP) is 7.81. The third kappa shape index (κ3) is 12.8. The number of rotatable bonds is 19. The molecular formula is C45H49ClN6O7S2. The summed E-state index contributed by atoms with van der Waals surface area (Å²) in [5.41, 5.74) is 4.23. The second-order valence-corrected chi connectivity index (χ2v) is 17.9. The minimum absolute atomic E-state index is 0.0932. The molecule has 1 amide bonds. The van der Waals surface area contributed by atoms with Gasteiger partial charge in [0.05, 0.1) is 23.0 Å². The first-order valence-corrected chi connectivity index (χ1v) is 22.8. The van der Waals surface area contributed by atoms with Crippen molar-refractivity contribution < 1.29 is 27.7 Å². The summed E-state index contributed by atoms with van der Waals surface area (Å²) in [6, 6.07) is 35.9. The van der Waals surface area contributed by atoms with Crippen LogP contribution in [0.1, 0.15) is 29.3 Å². The number of anilines is 2. The van der Waals surface area contributed by atoms with Crippen molar-refractivity contribution in [3.63, 3.8) is 0 Å². The van der Waals surface area contributed by atoms with Gasteiger partial charge in [-0.2, -0.15) is 0 Å². The van der Waals surface area contributed by atoms with Crippen LogP contribution >= 0.6 is 23.4 Å². The molecule has 1 unspecified atom stereocenters. The minimum atomic E-state index is -4.49. The number of sulfonamides is 1. The fourth-order valence-corrected chi connectivity index (χ4v) is 9.12. The number of benzene rings is 5. The lowest BCUT2D eigenvalue weighted by atomic mass is 9.99. The predicted molar refractivity (Wildman–Crippen MR) is 242 cm³/mol. The Kier molecular flexibility index (Phi) is 15.8. The number of nitro benzene ring substituents is 1. The molecule has 1 atom stereocenters. The van der Waals surface area contributed by atoms with Crippen molar-refractivity contribution in [2.24, 2.45) is 0 Å². The maximum atomic E-state index is 13.4. The molecule has 5 aromatic rings. The van der Waals surface area contributed by atoms with Gasteiger partial charge in [0.15, 0.2) is 0 Å². The van der Waals surface area contributed by atoms with Gasteiger partial charge < -0.3 is 15.0 Å². The summed E-state index contributed by atoms with van der Waals surface area (Å²) in [4.78, 5) is 43.9. The van der Waals surface area contributed by atoms with Gasteiger partial charge >= 0.3 is 5.97 Å². The number of hydrogen-bond acceptors (Lipinski definition) is 12. The van der Waals surface area contributed by atoms with E-state index < -0.39 is 31.4 Å². The van der Waals surface area contributed by atoms with E-state index in [4.69, 9.17) is 16.3 Å². The number of nitro groups is 1. The Labute approximate surface area is 366 Å². The van der Waals surface area contributed by atoms with E-state index in [0.29, 0.717) is 23.7 Å². The quantitative estimate of drug-likeness (QED) is 0.0360. The normalized spacial score (nSPS) is 13.7. The first kappa shape index (κ1) is 45.1. The molecule has 0 aromatic heterocycles. The standard InChI is InChI=1S/C45H49ClN6O7S2/c1-3-59-44(53)31-49(2)24-23-37(32-60-39-10-5-4-6-11-39)47-42-22-21-40(29-43(42)52(55)56)61(57,58)48-45(54)34-15-19-38(20-16-34)51-27-25-50(26-28-51)30-35-9-7-8-12-41(35)33-13-17-36(46)18-14-33/h4-22,29,37,47H,3,23-28,30-32H2,1-2H3,(H,48,54). The van der Waals surface area contributed by atoms with Crippen molar-refractivity contribution >= 4 is 62.3 Å². The molecule has 61 heavy (non-hydrogen) atoms. The fourth-order valence-electron chi connectivity index (χ4n) is 7.00. The lowest BCUT2D eigenvalue weighted by molar-refractivity contribution is -0.384. The average Bonchev–Trinajstić information content (AvgIpc) is 3.25. The van der Waals surface area contributed by atoms with E-state index in [1.807, 2.05) is 65.6 Å². The summed E-state index contributed by atoms with van der Waals surface area (Å²) in [6.07, 6.45) is 0.513. The summed E-state index contributed by atoms with van der Waals surface area (Å²) >= 11 is 7.68. The number of nitrogens with zero attached hydrogens (tertiary/aromatic N) is 4. The summed E-state index contributed by atoms with van der Waals surface area (Å²) in [6.45, 7) is 6.60. The van der Waals surface area contributed by atoms with Gasteiger partial charge in [0.2, 0.25) is 0 Å². The van der Waals surface area contributed by atoms with Crippen molar-refractivity contribution in [1.29, 1.82) is 0 Å². The number of likely N-dealkylation sites (N-methyl/N-ethyl adjacent to an activating group) is 1. The SMILES string of the molecule is CCOC(=O)CN(C)CCC(CSc1ccccc1)Nc1ccc(S(=O)(=O)NC(=O)c2ccc(N3CCN(Cc4ccccc4-c4ccc(Cl)cc4)CC3)cc2)cc1[N+](=O)[O-]. The van der Waals surface area contributed by atoms with E-state index in [2.05, 4.69) is 38.0 Å². The van der Waals surface area contributed by atoms with E-state index in [1.165, 1.54) is 23.3 Å². The number of hydrogen-bond donors (Lipinski definition) is 2. The topological polar surface area (TPSA) is 154 Å². The maximum absolute atomic E-state index is 13.4. The number of esters is 1. The molecule has 1 heterocycles. The second-order valence-electron chi connectivity index (χ2n) is 14.6. The van der Waals surface area contributed by atoms with Crippen molar-refractivity contribution in [3.05, 3.63) is 148 Å². The largest absolute Gasteiger partial charge is 0.465 e. The first-order chi connectivity index (χ1) is 29.4. The second kappa shape index (κ2) is 21.4. The zero-order valence-electron chi connectivity index (χ0n) is 34.0. The maximum Gasteiger partial charge on any atom is 0.320 e. The van der Waals surface area contributed by atoms with E-state index in [0.717, 1.165) is 54.9 Å². The molecule has 0 aliphatic carbocycles. The molecule has 1 aliphatic heterocycles. The number of piperazine rings is 1. The molecule has 13 nitrogen and oxygen atoms in total. The molecule has 6 rings (SSSR count). The van der Waals surface area contributed by atoms with Crippen LogP contribution in [0.25, 0.3) is 11.1 Å². The van der Waals surface area contributed by atoms with Crippen LogP contribution in [0.4, 0.5) is 17.1 Å². The third-order valence-corrected chi connectivity index (χ3v) is 13.0. The van der Waals surface area contributed by atoms with Gasteiger partial charge in [-0.25, -0.2) is 13.1 Å². The van der Waals surface area contributed by atoms with E-state index in [-0.39, 0.29) is 36.4 Å². The van der Waals surface area contributed by atoms with E-state index in [1.54, 1.807) is 50.0 Å². The summed E-state index contributed by atoms with van der Waals surface area (Å²) in [5, 5.41) is 16.2. The molecule has 1 saturated heterocycles. The molecule has 1 aliphatic rings. The number of halogens is 1.